The van der Waals surface area contributed by atoms with E-state index in [0.717, 1.165) is 30.2 Å². The van der Waals surface area contributed by atoms with E-state index in [9.17, 15) is 14.7 Å². The van der Waals surface area contributed by atoms with Crippen LogP contribution in [0.25, 0.3) is 0 Å². The molecule has 0 aromatic heterocycles. The van der Waals surface area contributed by atoms with Crippen LogP contribution in [-0.4, -0.2) is 29.2 Å². The van der Waals surface area contributed by atoms with Crippen LogP contribution in [0.2, 0.25) is 0 Å². The van der Waals surface area contributed by atoms with Crippen LogP contribution in [0.5, 0.6) is 0 Å². The summed E-state index contributed by atoms with van der Waals surface area (Å²) in [6.45, 7) is 5.55. The molecule has 1 saturated carbocycles. The number of hydrogen-bond donors (Lipinski definition) is 0. The van der Waals surface area contributed by atoms with E-state index in [1.165, 1.54) is 6.42 Å². The fraction of sp³-hybridized carbons (Fsp3) is 0.652. The molecule has 0 unspecified atom stereocenters. The quantitative estimate of drug-likeness (QED) is 0.606. The van der Waals surface area contributed by atoms with Crippen molar-refractivity contribution in [3.63, 3.8) is 0 Å². The van der Waals surface area contributed by atoms with Crippen molar-refractivity contribution in [2.45, 2.75) is 83.0 Å². The number of hydrogen-bond acceptors (Lipinski definition) is 5. The fourth-order valence-electron chi connectivity index (χ4n) is 5.03. The third kappa shape index (κ3) is 5.02. The van der Waals surface area contributed by atoms with Crippen molar-refractivity contribution < 1.29 is 24.2 Å². The van der Waals surface area contributed by atoms with Crippen LogP contribution < -0.4 is 5.11 Å². The van der Waals surface area contributed by atoms with E-state index >= 15 is 0 Å². The molecule has 5 nitrogen and oxygen atoms in total. The lowest BCUT2D eigenvalue weighted by Crippen LogP contribution is -2.60. The minimum atomic E-state index is -1.09. The minimum absolute atomic E-state index is 0.212. The number of rotatable bonds is 5. The number of carbonyl (C=O) groups excluding carboxylic acids is 2. The highest BCUT2D eigenvalue weighted by molar-refractivity contribution is 9.10. The van der Waals surface area contributed by atoms with Crippen molar-refractivity contribution in [1.29, 1.82) is 0 Å². The molecular formula is C23H30BrO5-. The molecule has 0 bridgehead atoms. The van der Waals surface area contributed by atoms with Crippen molar-refractivity contribution in [3.05, 3.63) is 34.3 Å². The maximum Gasteiger partial charge on any atom is 0.338 e. The number of aliphatic carboxylic acids is 1. The lowest BCUT2D eigenvalue weighted by molar-refractivity contribution is -0.328. The standard InChI is InChI=1S/C23H31BrO5/c1-22(2)18(20(25)26)13-14-23(3,29-22)19(15-7-5-4-6-8-15)28-21(27)16-9-11-17(24)12-10-16/h9-12,15,18-19H,4-8,13-14H2,1-3H3,(H,25,26)/p-1/t18-,19+,23-/m0/s1. The SMILES string of the molecule is CC1(C)O[C@](C)([C@H](OC(=O)c2ccc(Br)cc2)C2CCCCC2)CC[C@H]1C(=O)[O-]. The summed E-state index contributed by atoms with van der Waals surface area (Å²) in [6.07, 6.45) is 5.94. The molecule has 1 heterocycles. The van der Waals surface area contributed by atoms with Crippen LogP contribution in [0.1, 0.15) is 76.1 Å². The predicted octanol–water partition coefficient (Wildman–Crippen LogP) is 4.27. The second kappa shape index (κ2) is 8.76. The number of carbonyl (C=O) groups is 2. The van der Waals surface area contributed by atoms with Crippen LogP contribution in [0, 0.1) is 11.8 Å². The van der Waals surface area contributed by atoms with Gasteiger partial charge in [-0.25, -0.2) is 4.79 Å². The minimum Gasteiger partial charge on any atom is -0.550 e. The summed E-state index contributed by atoms with van der Waals surface area (Å²) in [5.41, 5.74) is -1.12. The van der Waals surface area contributed by atoms with Crippen molar-refractivity contribution in [2.24, 2.45) is 11.8 Å². The first-order chi connectivity index (χ1) is 13.6. The van der Waals surface area contributed by atoms with E-state index in [1.807, 2.05) is 19.1 Å². The van der Waals surface area contributed by atoms with E-state index in [4.69, 9.17) is 9.47 Å². The fourth-order valence-corrected chi connectivity index (χ4v) is 5.29. The van der Waals surface area contributed by atoms with Gasteiger partial charge < -0.3 is 19.4 Å². The molecule has 2 fully saturated rings. The topological polar surface area (TPSA) is 75.7 Å². The van der Waals surface area contributed by atoms with Crippen molar-refractivity contribution >= 4 is 27.9 Å². The summed E-state index contributed by atoms with van der Waals surface area (Å²) in [4.78, 5) is 24.5. The molecule has 1 aliphatic carbocycles. The Morgan fingerprint density at radius 2 is 1.72 bits per heavy atom. The summed E-state index contributed by atoms with van der Waals surface area (Å²) in [5.74, 6) is -1.91. The number of halogens is 1. The molecule has 3 rings (SSSR count). The Labute approximate surface area is 181 Å². The highest BCUT2D eigenvalue weighted by Gasteiger charge is 2.51. The number of ether oxygens (including phenoxy) is 2. The number of carboxylic acids is 1. The normalized spacial score (nSPS) is 28.5. The van der Waals surface area contributed by atoms with Gasteiger partial charge in [-0.05, 0) is 76.6 Å². The van der Waals surface area contributed by atoms with Gasteiger partial charge in [-0.3, -0.25) is 0 Å². The number of carboxylic acid groups (broad SMARTS) is 1. The lowest BCUT2D eigenvalue weighted by atomic mass is 9.72. The molecule has 1 aromatic carbocycles. The third-order valence-corrected chi connectivity index (χ3v) is 7.07. The Kier molecular flexibility index (Phi) is 6.74. The zero-order chi connectivity index (χ0) is 21.2. The van der Waals surface area contributed by atoms with E-state index in [-0.39, 0.29) is 11.9 Å². The van der Waals surface area contributed by atoms with E-state index in [1.54, 1.807) is 26.0 Å². The molecule has 0 spiro atoms. The molecule has 0 N–H and O–H groups in total. The van der Waals surface area contributed by atoms with Crippen LogP contribution in [0.4, 0.5) is 0 Å². The molecule has 160 valence electrons. The molecule has 0 amide bonds. The monoisotopic (exact) mass is 465 g/mol. The van der Waals surface area contributed by atoms with Gasteiger partial charge in [0.15, 0.2) is 0 Å². The molecule has 29 heavy (non-hydrogen) atoms. The Morgan fingerprint density at radius 1 is 1.10 bits per heavy atom. The number of benzene rings is 1. The zero-order valence-electron chi connectivity index (χ0n) is 17.4. The molecule has 3 atom stereocenters. The summed E-state index contributed by atoms with van der Waals surface area (Å²) in [5, 5.41) is 11.6. The van der Waals surface area contributed by atoms with Gasteiger partial charge in [0.1, 0.15) is 11.7 Å². The molecule has 0 radical (unpaired) electrons. The maximum absolute atomic E-state index is 12.9. The van der Waals surface area contributed by atoms with Crippen LogP contribution in [-0.2, 0) is 14.3 Å². The van der Waals surface area contributed by atoms with Gasteiger partial charge >= 0.3 is 5.97 Å². The largest absolute Gasteiger partial charge is 0.550 e. The van der Waals surface area contributed by atoms with Crippen molar-refractivity contribution in [3.8, 4) is 0 Å². The highest BCUT2D eigenvalue weighted by Crippen LogP contribution is 2.45. The zero-order valence-corrected chi connectivity index (χ0v) is 19.0. The first-order valence-corrected chi connectivity index (χ1v) is 11.3. The predicted molar refractivity (Wildman–Crippen MR) is 111 cm³/mol. The Balaban J connectivity index is 1.86. The van der Waals surface area contributed by atoms with Gasteiger partial charge in [0.2, 0.25) is 0 Å². The van der Waals surface area contributed by atoms with Gasteiger partial charge in [-0.1, -0.05) is 35.2 Å². The first kappa shape index (κ1) is 22.3. The lowest BCUT2D eigenvalue weighted by Gasteiger charge is -2.52. The van der Waals surface area contributed by atoms with Gasteiger partial charge in [-0.15, -0.1) is 0 Å². The van der Waals surface area contributed by atoms with Gasteiger partial charge in [-0.2, -0.15) is 0 Å². The average Bonchev–Trinajstić information content (AvgIpc) is 2.66. The van der Waals surface area contributed by atoms with Gasteiger partial charge in [0.25, 0.3) is 0 Å². The second-order valence-corrected chi connectivity index (χ2v) is 10.1. The molecule has 1 aliphatic heterocycles. The van der Waals surface area contributed by atoms with Crippen LogP contribution >= 0.6 is 15.9 Å². The third-order valence-electron chi connectivity index (χ3n) is 6.54. The highest BCUT2D eigenvalue weighted by atomic mass is 79.9. The summed E-state index contributed by atoms with van der Waals surface area (Å²) >= 11 is 3.38. The Morgan fingerprint density at radius 3 is 2.28 bits per heavy atom. The van der Waals surface area contributed by atoms with E-state index in [2.05, 4.69) is 15.9 Å². The molecule has 1 saturated heterocycles. The smallest absolute Gasteiger partial charge is 0.338 e. The molecular weight excluding hydrogens is 436 g/mol. The molecule has 2 aliphatic rings. The Bertz CT molecular complexity index is 738. The van der Waals surface area contributed by atoms with Crippen LogP contribution in [0.3, 0.4) is 0 Å². The average molecular weight is 466 g/mol. The van der Waals surface area contributed by atoms with Gasteiger partial charge in [0, 0.05) is 16.4 Å². The van der Waals surface area contributed by atoms with Crippen LogP contribution in [0.15, 0.2) is 28.7 Å². The summed E-state index contributed by atoms with van der Waals surface area (Å²) in [7, 11) is 0. The molecule has 6 heteroatoms. The van der Waals surface area contributed by atoms with Crippen molar-refractivity contribution in [2.75, 3.05) is 0 Å². The molecule has 1 aromatic rings. The van der Waals surface area contributed by atoms with E-state index in [0.29, 0.717) is 18.4 Å². The summed E-state index contributed by atoms with van der Waals surface area (Å²) < 4.78 is 13.4. The van der Waals surface area contributed by atoms with Crippen molar-refractivity contribution in [1.82, 2.24) is 0 Å². The second-order valence-electron chi connectivity index (χ2n) is 9.16. The first-order valence-electron chi connectivity index (χ1n) is 10.5. The van der Waals surface area contributed by atoms with E-state index < -0.39 is 29.2 Å². The number of esters is 1. The summed E-state index contributed by atoms with van der Waals surface area (Å²) in [6, 6.07) is 7.12. The maximum atomic E-state index is 12.9. The van der Waals surface area contributed by atoms with Gasteiger partial charge in [0.05, 0.1) is 11.2 Å². The Hall–Kier alpha value is -1.40.